The van der Waals surface area contributed by atoms with Crippen molar-refractivity contribution in [1.82, 2.24) is 24.5 Å². The SMILES string of the molecule is CN=CC(=CN)c1cc(-c2ccc(N3CCN(Cc4ccc(OCC(F)(F)F)nc4)CC3)nc2)c2c(C#N)cnn2c1. The number of ether oxygens (including phenoxy) is 1. The monoisotopic (exact) mass is 575 g/mol. The number of hydrogen-bond acceptors (Lipinski definition) is 9. The summed E-state index contributed by atoms with van der Waals surface area (Å²) in [6.45, 7) is 2.36. The lowest BCUT2D eigenvalue weighted by atomic mass is 10.0. The summed E-state index contributed by atoms with van der Waals surface area (Å²) >= 11 is 0. The van der Waals surface area contributed by atoms with Crippen molar-refractivity contribution in [2.24, 2.45) is 10.7 Å². The molecule has 5 rings (SSSR count). The van der Waals surface area contributed by atoms with Gasteiger partial charge in [0.2, 0.25) is 5.88 Å². The molecule has 1 aliphatic heterocycles. The van der Waals surface area contributed by atoms with E-state index in [2.05, 4.69) is 35.7 Å². The molecule has 4 aromatic rings. The van der Waals surface area contributed by atoms with Gasteiger partial charge >= 0.3 is 6.18 Å². The molecule has 0 bridgehead atoms. The highest BCUT2D eigenvalue weighted by Gasteiger charge is 2.28. The van der Waals surface area contributed by atoms with Crippen LogP contribution in [0.3, 0.4) is 0 Å². The van der Waals surface area contributed by atoms with E-state index in [0.717, 1.165) is 59.8 Å². The van der Waals surface area contributed by atoms with Gasteiger partial charge in [-0.1, -0.05) is 6.07 Å². The van der Waals surface area contributed by atoms with Crippen molar-refractivity contribution in [2.75, 3.05) is 44.7 Å². The first-order valence-electron chi connectivity index (χ1n) is 13.1. The largest absolute Gasteiger partial charge is 0.468 e. The average molecular weight is 576 g/mol. The third-order valence-electron chi connectivity index (χ3n) is 6.86. The van der Waals surface area contributed by atoms with E-state index in [9.17, 15) is 18.4 Å². The summed E-state index contributed by atoms with van der Waals surface area (Å²) in [6, 6.07) is 11.3. The van der Waals surface area contributed by atoms with Gasteiger partial charge in [0, 0.05) is 99.1 Å². The molecule has 0 radical (unpaired) electrons. The number of nitrogens with two attached hydrogens (primary N) is 1. The van der Waals surface area contributed by atoms with Crippen molar-refractivity contribution >= 4 is 23.1 Å². The highest BCUT2D eigenvalue weighted by molar-refractivity contribution is 6.10. The quantitative estimate of drug-likeness (QED) is 0.314. The number of alkyl halides is 3. The second-order valence-electron chi connectivity index (χ2n) is 9.69. The molecule has 10 nitrogen and oxygen atoms in total. The first kappa shape index (κ1) is 28.6. The second kappa shape index (κ2) is 12.3. The van der Waals surface area contributed by atoms with Gasteiger partial charge < -0.3 is 15.4 Å². The van der Waals surface area contributed by atoms with E-state index < -0.39 is 12.8 Å². The average Bonchev–Trinajstić information content (AvgIpc) is 3.42. The van der Waals surface area contributed by atoms with Crippen LogP contribution in [0.1, 0.15) is 16.7 Å². The number of nitriles is 1. The van der Waals surface area contributed by atoms with Crippen molar-refractivity contribution in [2.45, 2.75) is 12.7 Å². The van der Waals surface area contributed by atoms with Crippen LogP contribution in [0.25, 0.3) is 22.2 Å². The fourth-order valence-electron chi connectivity index (χ4n) is 4.81. The maximum absolute atomic E-state index is 12.3. The summed E-state index contributed by atoms with van der Waals surface area (Å²) in [7, 11) is 1.67. The summed E-state index contributed by atoms with van der Waals surface area (Å²) in [5.41, 5.74) is 11.0. The lowest BCUT2D eigenvalue weighted by Crippen LogP contribution is -2.46. The van der Waals surface area contributed by atoms with Crippen molar-refractivity contribution in [3.63, 3.8) is 0 Å². The molecular weight excluding hydrogens is 547 g/mol. The molecule has 0 atom stereocenters. The second-order valence-corrected chi connectivity index (χ2v) is 9.69. The minimum atomic E-state index is -4.40. The molecule has 1 fully saturated rings. The minimum Gasteiger partial charge on any atom is -0.468 e. The molecule has 1 saturated heterocycles. The molecule has 13 heteroatoms. The number of aliphatic imine (C=N–C) groups is 1. The van der Waals surface area contributed by atoms with E-state index in [1.807, 2.05) is 24.4 Å². The summed E-state index contributed by atoms with van der Waals surface area (Å²) in [5, 5.41) is 14.0. The Hall–Kier alpha value is -4.96. The molecule has 0 aromatic carbocycles. The zero-order chi connectivity index (χ0) is 29.7. The zero-order valence-electron chi connectivity index (χ0n) is 22.8. The molecule has 0 amide bonds. The van der Waals surface area contributed by atoms with Gasteiger partial charge in [0.25, 0.3) is 0 Å². The number of allylic oxidation sites excluding steroid dienone is 1. The predicted molar refractivity (Wildman–Crippen MR) is 153 cm³/mol. The van der Waals surface area contributed by atoms with E-state index in [-0.39, 0.29) is 5.88 Å². The van der Waals surface area contributed by atoms with E-state index in [0.29, 0.717) is 17.6 Å². The number of nitrogens with zero attached hydrogens (tertiary/aromatic N) is 8. The van der Waals surface area contributed by atoms with Crippen molar-refractivity contribution in [3.8, 4) is 23.1 Å². The van der Waals surface area contributed by atoms with Gasteiger partial charge in [-0.15, -0.1) is 0 Å². The first-order valence-corrected chi connectivity index (χ1v) is 13.1. The Bertz CT molecular complexity index is 1630. The molecule has 0 spiro atoms. The Balaban J connectivity index is 1.26. The van der Waals surface area contributed by atoms with Crippen LogP contribution in [-0.2, 0) is 6.54 Å². The summed E-state index contributed by atoms with van der Waals surface area (Å²) < 4.78 is 43.4. The highest BCUT2D eigenvalue weighted by atomic mass is 19.4. The van der Waals surface area contributed by atoms with Crippen LogP contribution in [0.4, 0.5) is 19.0 Å². The maximum Gasteiger partial charge on any atom is 0.422 e. The molecule has 42 heavy (non-hydrogen) atoms. The number of hydrogen-bond donors (Lipinski definition) is 1. The minimum absolute atomic E-state index is 0.0500. The van der Waals surface area contributed by atoms with Gasteiger partial charge in [0.05, 0.1) is 17.3 Å². The number of anilines is 1. The van der Waals surface area contributed by atoms with E-state index in [1.165, 1.54) is 18.5 Å². The van der Waals surface area contributed by atoms with Gasteiger partial charge in [0.15, 0.2) is 6.61 Å². The van der Waals surface area contributed by atoms with Crippen LogP contribution in [0.2, 0.25) is 0 Å². The summed E-state index contributed by atoms with van der Waals surface area (Å²) in [6.07, 6.45) is 5.44. The van der Waals surface area contributed by atoms with Crippen LogP contribution < -0.4 is 15.4 Å². The summed E-state index contributed by atoms with van der Waals surface area (Å²) in [5.74, 6) is 0.791. The molecule has 2 N–H and O–H groups in total. The van der Waals surface area contributed by atoms with Crippen LogP contribution >= 0.6 is 0 Å². The Labute approximate surface area is 240 Å². The molecule has 0 aliphatic carbocycles. The van der Waals surface area contributed by atoms with Crippen LogP contribution in [0.5, 0.6) is 5.88 Å². The third-order valence-corrected chi connectivity index (χ3v) is 6.86. The first-order chi connectivity index (χ1) is 20.3. The molecule has 5 heterocycles. The summed E-state index contributed by atoms with van der Waals surface area (Å²) in [4.78, 5) is 17.3. The van der Waals surface area contributed by atoms with Gasteiger partial charge in [-0.05, 0) is 23.8 Å². The predicted octanol–water partition coefficient (Wildman–Crippen LogP) is 3.93. The third kappa shape index (κ3) is 6.50. The van der Waals surface area contributed by atoms with Crippen molar-refractivity contribution < 1.29 is 17.9 Å². The van der Waals surface area contributed by atoms with Crippen LogP contribution in [-0.4, -0.2) is 76.7 Å². The van der Waals surface area contributed by atoms with Crippen molar-refractivity contribution in [1.29, 1.82) is 5.26 Å². The molecule has 0 unspecified atom stereocenters. The van der Waals surface area contributed by atoms with E-state index in [1.54, 1.807) is 36.2 Å². The lowest BCUT2D eigenvalue weighted by molar-refractivity contribution is -0.154. The Morgan fingerprint density at radius 3 is 2.55 bits per heavy atom. The Morgan fingerprint density at radius 2 is 1.93 bits per heavy atom. The molecular formula is C29H28F3N9O. The zero-order valence-corrected chi connectivity index (χ0v) is 22.8. The smallest absolute Gasteiger partial charge is 0.422 e. The van der Waals surface area contributed by atoms with Gasteiger partial charge in [-0.2, -0.15) is 23.5 Å². The van der Waals surface area contributed by atoms with Gasteiger partial charge in [-0.3, -0.25) is 9.89 Å². The lowest BCUT2D eigenvalue weighted by Gasteiger charge is -2.35. The fraction of sp³-hybridized carbons (Fsp3) is 0.276. The number of pyridine rings is 3. The molecule has 216 valence electrons. The number of piperazine rings is 1. The molecule has 1 aliphatic rings. The molecule has 0 saturated carbocycles. The highest BCUT2D eigenvalue weighted by Crippen LogP contribution is 2.31. The van der Waals surface area contributed by atoms with Crippen LogP contribution in [0, 0.1) is 11.3 Å². The Morgan fingerprint density at radius 1 is 1.12 bits per heavy atom. The normalized spacial score (nSPS) is 14.9. The van der Waals surface area contributed by atoms with E-state index >= 15 is 0 Å². The van der Waals surface area contributed by atoms with Gasteiger partial charge in [0.1, 0.15) is 11.9 Å². The topological polar surface area (TPSA) is 121 Å². The van der Waals surface area contributed by atoms with Crippen LogP contribution in [0.15, 0.2) is 66.3 Å². The van der Waals surface area contributed by atoms with E-state index in [4.69, 9.17) is 10.7 Å². The number of halogens is 3. The van der Waals surface area contributed by atoms with Gasteiger partial charge in [-0.25, -0.2) is 14.5 Å². The van der Waals surface area contributed by atoms with Crippen molar-refractivity contribution in [3.05, 3.63) is 78.0 Å². The number of fused-ring (bicyclic) bond motifs is 1. The fourth-order valence-corrected chi connectivity index (χ4v) is 4.81. The molecule has 4 aromatic heterocycles. The maximum atomic E-state index is 12.3. The Kier molecular flexibility index (Phi) is 8.35. The number of rotatable bonds is 8. The number of aromatic nitrogens is 4. The standard InChI is InChI=1S/C29H28F3N9O/c1-35-14-23(11-33)22-10-25(28-24(12-34)16-38-41(28)18-22)21-3-4-26(36-15-21)40-8-6-39(7-9-40)17-20-2-5-27(37-13-20)42-19-29(30,31)32/h2-5,10-11,13-16,18H,6-9,17,19,33H2,1H3.